The van der Waals surface area contributed by atoms with Crippen LogP contribution in [0.4, 0.5) is 0 Å². The molecule has 1 saturated carbocycles. The van der Waals surface area contributed by atoms with E-state index in [9.17, 15) is 4.79 Å². The number of nitrogens with two attached hydrogens (primary N) is 1. The fraction of sp³-hybridized carbons (Fsp3) is 0.929. The third-order valence-corrected chi connectivity index (χ3v) is 3.72. The van der Waals surface area contributed by atoms with Gasteiger partial charge in [-0.2, -0.15) is 0 Å². The standard InChI is InChI=1S/C14H27NO2/c1-4-6-12(3)10-17-13(16)14(15)8-5-7-11(2)9-14/h11-12H,4-10,15H2,1-3H3. The molecule has 1 rings (SSSR count). The zero-order chi connectivity index (χ0) is 12.9. The largest absolute Gasteiger partial charge is 0.464 e. The summed E-state index contributed by atoms with van der Waals surface area (Å²) in [6, 6.07) is 0. The topological polar surface area (TPSA) is 52.3 Å². The van der Waals surface area contributed by atoms with Crippen molar-refractivity contribution < 1.29 is 9.53 Å². The normalized spacial score (nSPS) is 30.9. The molecule has 0 bridgehead atoms. The lowest BCUT2D eigenvalue weighted by atomic mass is 9.77. The van der Waals surface area contributed by atoms with E-state index in [2.05, 4.69) is 20.8 Å². The second kappa shape index (κ2) is 6.39. The molecule has 1 fully saturated rings. The van der Waals surface area contributed by atoms with Crippen molar-refractivity contribution in [1.82, 2.24) is 0 Å². The van der Waals surface area contributed by atoms with Gasteiger partial charge in [0, 0.05) is 0 Å². The van der Waals surface area contributed by atoms with Crippen LogP contribution in [0, 0.1) is 11.8 Å². The average Bonchev–Trinajstić information content (AvgIpc) is 2.26. The Balaban J connectivity index is 2.40. The van der Waals surface area contributed by atoms with E-state index in [0.29, 0.717) is 18.4 Å². The van der Waals surface area contributed by atoms with E-state index in [1.54, 1.807) is 0 Å². The number of hydrogen-bond donors (Lipinski definition) is 1. The highest BCUT2D eigenvalue weighted by Crippen LogP contribution is 2.31. The molecule has 0 spiro atoms. The van der Waals surface area contributed by atoms with Gasteiger partial charge in [-0.05, 0) is 31.1 Å². The summed E-state index contributed by atoms with van der Waals surface area (Å²) in [7, 11) is 0. The monoisotopic (exact) mass is 241 g/mol. The van der Waals surface area contributed by atoms with E-state index in [-0.39, 0.29) is 5.97 Å². The van der Waals surface area contributed by atoms with E-state index in [0.717, 1.165) is 32.1 Å². The van der Waals surface area contributed by atoms with Crippen LogP contribution in [0.2, 0.25) is 0 Å². The molecule has 0 aromatic rings. The zero-order valence-electron chi connectivity index (χ0n) is 11.5. The number of carbonyl (C=O) groups excluding carboxylic acids is 1. The summed E-state index contributed by atoms with van der Waals surface area (Å²) in [5.41, 5.74) is 5.46. The van der Waals surface area contributed by atoms with Crippen molar-refractivity contribution in [2.75, 3.05) is 6.61 Å². The van der Waals surface area contributed by atoms with Crippen molar-refractivity contribution in [3.8, 4) is 0 Å². The number of hydrogen-bond acceptors (Lipinski definition) is 3. The Morgan fingerprint density at radius 3 is 2.88 bits per heavy atom. The molecule has 3 heteroatoms. The molecule has 2 N–H and O–H groups in total. The SMILES string of the molecule is CCCC(C)COC(=O)C1(N)CCCC(C)C1. The van der Waals surface area contributed by atoms with Gasteiger partial charge < -0.3 is 10.5 Å². The molecule has 1 aliphatic rings. The molecule has 100 valence electrons. The average molecular weight is 241 g/mol. The van der Waals surface area contributed by atoms with Crippen molar-refractivity contribution in [3.05, 3.63) is 0 Å². The quantitative estimate of drug-likeness (QED) is 0.753. The molecule has 17 heavy (non-hydrogen) atoms. The molecule has 0 aliphatic heterocycles. The maximum Gasteiger partial charge on any atom is 0.326 e. The minimum Gasteiger partial charge on any atom is -0.464 e. The second-order valence-corrected chi connectivity index (χ2v) is 5.85. The Hall–Kier alpha value is -0.570. The Morgan fingerprint density at radius 1 is 1.59 bits per heavy atom. The maximum atomic E-state index is 12.0. The molecule has 3 atom stereocenters. The first-order valence-electron chi connectivity index (χ1n) is 6.94. The van der Waals surface area contributed by atoms with Gasteiger partial charge in [-0.15, -0.1) is 0 Å². The van der Waals surface area contributed by atoms with Gasteiger partial charge in [0.05, 0.1) is 6.61 Å². The first-order chi connectivity index (χ1) is 7.98. The lowest BCUT2D eigenvalue weighted by molar-refractivity contribution is -0.153. The summed E-state index contributed by atoms with van der Waals surface area (Å²) in [4.78, 5) is 12.0. The van der Waals surface area contributed by atoms with Crippen molar-refractivity contribution in [2.24, 2.45) is 17.6 Å². The summed E-state index contributed by atoms with van der Waals surface area (Å²) in [5.74, 6) is 0.787. The predicted octanol–water partition coefficient (Wildman–Crippen LogP) is 2.87. The first kappa shape index (κ1) is 14.5. The van der Waals surface area contributed by atoms with E-state index >= 15 is 0 Å². The Morgan fingerprint density at radius 2 is 2.29 bits per heavy atom. The maximum absolute atomic E-state index is 12.0. The fourth-order valence-corrected chi connectivity index (χ4v) is 2.72. The van der Waals surface area contributed by atoms with Crippen LogP contribution in [0.1, 0.15) is 59.3 Å². The van der Waals surface area contributed by atoms with E-state index < -0.39 is 5.54 Å². The molecule has 0 heterocycles. The highest BCUT2D eigenvalue weighted by molar-refractivity contribution is 5.80. The number of esters is 1. The Bertz CT molecular complexity index is 255. The smallest absolute Gasteiger partial charge is 0.326 e. The summed E-state index contributed by atoms with van der Waals surface area (Å²) in [6.07, 6.45) is 5.99. The van der Waals surface area contributed by atoms with Gasteiger partial charge in [-0.3, -0.25) is 4.79 Å². The summed E-state index contributed by atoms with van der Waals surface area (Å²) < 4.78 is 5.38. The van der Waals surface area contributed by atoms with Gasteiger partial charge in [-0.1, -0.05) is 40.0 Å². The number of carbonyl (C=O) groups is 1. The van der Waals surface area contributed by atoms with Crippen molar-refractivity contribution in [2.45, 2.75) is 64.8 Å². The van der Waals surface area contributed by atoms with Crippen LogP contribution in [0.5, 0.6) is 0 Å². The van der Waals surface area contributed by atoms with Crippen LogP contribution in [0.3, 0.4) is 0 Å². The van der Waals surface area contributed by atoms with Crippen LogP contribution in [0.15, 0.2) is 0 Å². The summed E-state index contributed by atoms with van der Waals surface area (Å²) in [6.45, 7) is 6.93. The van der Waals surface area contributed by atoms with Gasteiger partial charge in [0.15, 0.2) is 0 Å². The van der Waals surface area contributed by atoms with Gasteiger partial charge in [-0.25, -0.2) is 0 Å². The molecular formula is C14H27NO2. The highest BCUT2D eigenvalue weighted by atomic mass is 16.5. The van der Waals surface area contributed by atoms with E-state index in [4.69, 9.17) is 10.5 Å². The fourth-order valence-electron chi connectivity index (χ4n) is 2.72. The minimum absolute atomic E-state index is 0.188. The molecule has 0 aromatic carbocycles. The van der Waals surface area contributed by atoms with Crippen LogP contribution in [-0.4, -0.2) is 18.1 Å². The molecule has 3 unspecified atom stereocenters. The van der Waals surface area contributed by atoms with Crippen LogP contribution in [-0.2, 0) is 9.53 Å². The van der Waals surface area contributed by atoms with Crippen molar-refractivity contribution >= 4 is 5.97 Å². The minimum atomic E-state index is -0.719. The Kier molecular flexibility index (Phi) is 5.44. The molecule has 0 saturated heterocycles. The lowest BCUT2D eigenvalue weighted by Gasteiger charge is -2.34. The van der Waals surface area contributed by atoms with Crippen LogP contribution in [0.25, 0.3) is 0 Å². The van der Waals surface area contributed by atoms with E-state index in [1.807, 2.05) is 0 Å². The van der Waals surface area contributed by atoms with Gasteiger partial charge >= 0.3 is 5.97 Å². The zero-order valence-corrected chi connectivity index (χ0v) is 11.5. The molecule has 3 nitrogen and oxygen atoms in total. The Labute approximate surface area is 105 Å². The van der Waals surface area contributed by atoms with E-state index in [1.165, 1.54) is 6.42 Å². The lowest BCUT2D eigenvalue weighted by Crippen LogP contribution is -2.52. The first-order valence-corrected chi connectivity index (χ1v) is 6.94. The third-order valence-electron chi connectivity index (χ3n) is 3.72. The molecule has 0 radical (unpaired) electrons. The van der Waals surface area contributed by atoms with Crippen molar-refractivity contribution in [1.29, 1.82) is 0 Å². The highest BCUT2D eigenvalue weighted by Gasteiger charge is 2.39. The predicted molar refractivity (Wildman–Crippen MR) is 69.6 cm³/mol. The number of ether oxygens (including phenoxy) is 1. The van der Waals surface area contributed by atoms with Crippen LogP contribution < -0.4 is 5.73 Å². The van der Waals surface area contributed by atoms with Gasteiger partial charge in [0.1, 0.15) is 5.54 Å². The molecule has 1 aliphatic carbocycles. The molecular weight excluding hydrogens is 214 g/mol. The van der Waals surface area contributed by atoms with Gasteiger partial charge in [0.25, 0.3) is 0 Å². The molecule has 0 amide bonds. The second-order valence-electron chi connectivity index (χ2n) is 5.85. The van der Waals surface area contributed by atoms with Crippen molar-refractivity contribution in [3.63, 3.8) is 0 Å². The summed E-state index contributed by atoms with van der Waals surface area (Å²) in [5, 5.41) is 0. The van der Waals surface area contributed by atoms with Crippen LogP contribution >= 0.6 is 0 Å². The number of rotatable bonds is 5. The third kappa shape index (κ3) is 4.30. The van der Waals surface area contributed by atoms with Gasteiger partial charge in [0.2, 0.25) is 0 Å². The summed E-state index contributed by atoms with van der Waals surface area (Å²) >= 11 is 0. The molecule has 0 aromatic heterocycles.